The summed E-state index contributed by atoms with van der Waals surface area (Å²) in [4.78, 5) is 4.42. The van der Waals surface area contributed by atoms with E-state index in [0.29, 0.717) is 0 Å². The fraction of sp³-hybridized carbons (Fsp3) is 0.188. The highest BCUT2D eigenvalue weighted by Crippen LogP contribution is 2.28. The van der Waals surface area contributed by atoms with Crippen LogP contribution >= 0.6 is 11.3 Å². The lowest BCUT2D eigenvalue weighted by atomic mass is 10.0. The molecule has 3 rings (SSSR count). The summed E-state index contributed by atoms with van der Waals surface area (Å²) in [5, 5.41) is 3.53. The average molecular weight is 268 g/mol. The molecule has 0 aliphatic heterocycles. The Morgan fingerprint density at radius 3 is 2.89 bits per heavy atom. The highest BCUT2D eigenvalue weighted by Gasteiger charge is 2.13. The van der Waals surface area contributed by atoms with Crippen LogP contribution in [0.15, 0.2) is 48.0 Å². The Kier molecular flexibility index (Phi) is 3.32. The van der Waals surface area contributed by atoms with Crippen LogP contribution in [0.25, 0.3) is 10.1 Å². The lowest BCUT2D eigenvalue weighted by Gasteiger charge is -2.13. The van der Waals surface area contributed by atoms with Crippen LogP contribution in [0.3, 0.4) is 0 Å². The molecule has 96 valence electrons. The molecule has 19 heavy (non-hydrogen) atoms. The minimum absolute atomic E-state index is 0.0424. The van der Waals surface area contributed by atoms with Gasteiger partial charge in [-0.15, -0.1) is 11.3 Å². The molecule has 2 nitrogen and oxygen atoms in total. The van der Waals surface area contributed by atoms with Crippen LogP contribution in [-0.4, -0.2) is 4.98 Å². The topological polar surface area (TPSA) is 38.9 Å². The predicted octanol–water partition coefficient (Wildman–Crippen LogP) is 3.85. The molecule has 0 amide bonds. The Morgan fingerprint density at radius 1 is 1.21 bits per heavy atom. The Labute approximate surface area is 116 Å². The van der Waals surface area contributed by atoms with E-state index in [9.17, 15) is 0 Å². The molecule has 1 unspecified atom stereocenters. The maximum absolute atomic E-state index is 6.32. The van der Waals surface area contributed by atoms with Crippen molar-refractivity contribution >= 4 is 21.4 Å². The maximum Gasteiger partial charge on any atom is 0.0603 e. The smallest absolute Gasteiger partial charge is 0.0603 e. The van der Waals surface area contributed by atoms with Gasteiger partial charge in [-0.2, -0.15) is 0 Å². The highest BCUT2D eigenvalue weighted by atomic mass is 32.1. The highest BCUT2D eigenvalue weighted by molar-refractivity contribution is 7.17. The number of benzene rings is 1. The van der Waals surface area contributed by atoms with Gasteiger partial charge in [0.2, 0.25) is 0 Å². The Hall–Kier alpha value is -1.71. The summed E-state index contributed by atoms with van der Waals surface area (Å²) >= 11 is 1.78. The van der Waals surface area contributed by atoms with Gasteiger partial charge in [0, 0.05) is 10.9 Å². The van der Waals surface area contributed by atoms with Gasteiger partial charge in [0.15, 0.2) is 0 Å². The maximum atomic E-state index is 6.32. The third kappa shape index (κ3) is 2.39. The first kappa shape index (κ1) is 12.3. The predicted molar refractivity (Wildman–Crippen MR) is 81.4 cm³/mol. The van der Waals surface area contributed by atoms with Crippen LogP contribution in [0, 0.1) is 6.92 Å². The SMILES string of the molecule is Cc1cccnc1C(N)Cc1csc2ccccc12. The van der Waals surface area contributed by atoms with E-state index in [4.69, 9.17) is 5.73 Å². The van der Waals surface area contributed by atoms with Crippen LogP contribution in [0.5, 0.6) is 0 Å². The fourth-order valence-electron chi connectivity index (χ4n) is 2.41. The number of hydrogen-bond acceptors (Lipinski definition) is 3. The normalized spacial score (nSPS) is 12.7. The number of aryl methyl sites for hydroxylation is 1. The number of nitrogens with two attached hydrogens (primary N) is 1. The quantitative estimate of drug-likeness (QED) is 0.783. The zero-order valence-corrected chi connectivity index (χ0v) is 11.7. The summed E-state index contributed by atoms with van der Waals surface area (Å²) in [6.45, 7) is 2.06. The zero-order chi connectivity index (χ0) is 13.2. The van der Waals surface area contributed by atoms with E-state index in [1.54, 1.807) is 11.3 Å². The molecule has 0 radical (unpaired) electrons. The zero-order valence-electron chi connectivity index (χ0n) is 10.8. The monoisotopic (exact) mass is 268 g/mol. The average Bonchev–Trinajstić information content (AvgIpc) is 2.83. The molecular weight excluding hydrogens is 252 g/mol. The van der Waals surface area contributed by atoms with Crippen molar-refractivity contribution in [2.75, 3.05) is 0 Å². The Bertz CT molecular complexity index is 703. The van der Waals surface area contributed by atoms with Crippen molar-refractivity contribution in [3.05, 3.63) is 64.8 Å². The lowest BCUT2D eigenvalue weighted by Crippen LogP contribution is -2.16. The second-order valence-electron chi connectivity index (χ2n) is 4.77. The van der Waals surface area contributed by atoms with E-state index in [1.165, 1.54) is 15.6 Å². The summed E-state index contributed by atoms with van der Waals surface area (Å²) in [7, 11) is 0. The van der Waals surface area contributed by atoms with Gasteiger partial charge in [-0.25, -0.2) is 0 Å². The molecule has 2 N–H and O–H groups in total. The number of pyridine rings is 1. The van der Waals surface area contributed by atoms with Crippen LogP contribution in [0.4, 0.5) is 0 Å². The molecule has 0 fully saturated rings. The van der Waals surface area contributed by atoms with Gasteiger partial charge in [-0.1, -0.05) is 24.3 Å². The Balaban J connectivity index is 1.91. The van der Waals surface area contributed by atoms with Crippen molar-refractivity contribution in [3.8, 4) is 0 Å². The number of fused-ring (bicyclic) bond motifs is 1. The first-order valence-corrected chi connectivity index (χ1v) is 7.26. The van der Waals surface area contributed by atoms with Gasteiger partial charge < -0.3 is 5.73 Å². The van der Waals surface area contributed by atoms with Crippen LogP contribution in [0.1, 0.15) is 22.9 Å². The van der Waals surface area contributed by atoms with Crippen molar-refractivity contribution in [1.29, 1.82) is 0 Å². The van der Waals surface area contributed by atoms with E-state index in [2.05, 4.69) is 47.6 Å². The molecule has 1 aromatic carbocycles. The van der Waals surface area contributed by atoms with E-state index in [-0.39, 0.29) is 6.04 Å². The van der Waals surface area contributed by atoms with Crippen molar-refractivity contribution in [2.45, 2.75) is 19.4 Å². The van der Waals surface area contributed by atoms with E-state index >= 15 is 0 Å². The number of rotatable bonds is 3. The third-order valence-corrected chi connectivity index (χ3v) is 4.41. The van der Waals surface area contributed by atoms with Crippen molar-refractivity contribution < 1.29 is 0 Å². The standard InChI is InChI=1S/C16H16N2S/c1-11-5-4-8-18-16(11)14(17)9-12-10-19-15-7-3-2-6-13(12)15/h2-8,10,14H,9,17H2,1H3. The Morgan fingerprint density at radius 2 is 2.05 bits per heavy atom. The molecule has 0 aliphatic carbocycles. The summed E-state index contributed by atoms with van der Waals surface area (Å²) < 4.78 is 1.32. The van der Waals surface area contributed by atoms with Crippen molar-refractivity contribution in [2.24, 2.45) is 5.73 Å². The largest absolute Gasteiger partial charge is 0.322 e. The summed E-state index contributed by atoms with van der Waals surface area (Å²) in [6.07, 6.45) is 2.65. The van der Waals surface area contributed by atoms with Gasteiger partial charge in [-0.3, -0.25) is 4.98 Å². The molecule has 0 saturated carbocycles. The van der Waals surface area contributed by atoms with Gasteiger partial charge in [0.1, 0.15) is 0 Å². The molecule has 0 bridgehead atoms. The van der Waals surface area contributed by atoms with Gasteiger partial charge in [0.05, 0.1) is 11.7 Å². The molecular formula is C16H16N2S. The molecule has 2 aromatic heterocycles. The van der Waals surface area contributed by atoms with Gasteiger partial charge in [-0.05, 0) is 47.4 Å². The molecule has 0 saturated heterocycles. The van der Waals surface area contributed by atoms with Crippen LogP contribution in [0.2, 0.25) is 0 Å². The van der Waals surface area contributed by atoms with Crippen molar-refractivity contribution in [1.82, 2.24) is 4.98 Å². The molecule has 0 aliphatic rings. The summed E-state index contributed by atoms with van der Waals surface area (Å²) in [5.74, 6) is 0. The van der Waals surface area contributed by atoms with Gasteiger partial charge >= 0.3 is 0 Å². The molecule has 1 atom stereocenters. The first-order valence-electron chi connectivity index (χ1n) is 6.38. The molecule has 3 aromatic rings. The van der Waals surface area contributed by atoms with Crippen LogP contribution in [-0.2, 0) is 6.42 Å². The second kappa shape index (κ2) is 5.11. The third-order valence-electron chi connectivity index (χ3n) is 3.40. The number of nitrogens with zero attached hydrogens (tertiary/aromatic N) is 1. The lowest BCUT2D eigenvalue weighted by molar-refractivity contribution is 0.694. The number of thiophene rings is 1. The molecule has 2 heterocycles. The van der Waals surface area contributed by atoms with E-state index in [0.717, 1.165) is 17.7 Å². The van der Waals surface area contributed by atoms with E-state index < -0.39 is 0 Å². The molecule has 3 heteroatoms. The summed E-state index contributed by atoms with van der Waals surface area (Å²) in [5.41, 5.74) is 9.80. The molecule has 0 spiro atoms. The summed E-state index contributed by atoms with van der Waals surface area (Å²) in [6, 6.07) is 12.4. The number of hydrogen-bond donors (Lipinski definition) is 1. The van der Waals surface area contributed by atoms with Crippen LogP contribution < -0.4 is 5.73 Å². The second-order valence-corrected chi connectivity index (χ2v) is 5.68. The van der Waals surface area contributed by atoms with Crippen molar-refractivity contribution in [3.63, 3.8) is 0 Å². The number of aromatic nitrogens is 1. The van der Waals surface area contributed by atoms with Gasteiger partial charge in [0.25, 0.3) is 0 Å². The minimum atomic E-state index is -0.0424. The first-order chi connectivity index (χ1) is 9.25. The fourth-order valence-corrected chi connectivity index (χ4v) is 3.39. The van der Waals surface area contributed by atoms with E-state index in [1.807, 2.05) is 12.3 Å². The minimum Gasteiger partial charge on any atom is -0.322 e.